The second kappa shape index (κ2) is 5.81. The molecular weight excluding hydrogens is 262 g/mol. The molecule has 0 atom stereocenters. The van der Waals surface area contributed by atoms with E-state index in [4.69, 9.17) is 5.84 Å². The molecule has 0 bridgehead atoms. The van der Waals surface area contributed by atoms with Crippen LogP contribution in [0.25, 0.3) is 0 Å². The van der Waals surface area contributed by atoms with Crippen molar-refractivity contribution in [2.75, 3.05) is 0 Å². The first kappa shape index (κ1) is 13.5. The summed E-state index contributed by atoms with van der Waals surface area (Å²) in [5.41, 5.74) is 4.97. The number of carbonyl (C=O) groups excluding carboxylic acids is 1. The third-order valence-electron chi connectivity index (χ3n) is 2.87. The van der Waals surface area contributed by atoms with Gasteiger partial charge in [0.05, 0.1) is 13.0 Å². The van der Waals surface area contributed by atoms with Gasteiger partial charge in [-0.2, -0.15) is 0 Å². The quantitative estimate of drug-likeness (QED) is 0.493. The van der Waals surface area contributed by atoms with Crippen molar-refractivity contribution in [1.82, 2.24) is 9.99 Å². The van der Waals surface area contributed by atoms with Crippen molar-refractivity contribution in [3.63, 3.8) is 0 Å². The number of nitrogens with two attached hydrogens (primary N) is 1. The molecule has 2 aromatic rings. The smallest absolute Gasteiger partial charge is 0.299 e. The number of hydrogen-bond acceptors (Lipinski definition) is 4. The monoisotopic (exact) mass is 277 g/mol. The molecule has 0 aliphatic carbocycles. The minimum absolute atomic E-state index is 0.0455. The third kappa shape index (κ3) is 3.30. The second-order valence-electron chi connectivity index (χ2n) is 4.29. The summed E-state index contributed by atoms with van der Waals surface area (Å²) in [6.45, 7) is 2.47. The molecular formula is C13H15N3O2S. The predicted molar refractivity (Wildman–Crippen MR) is 74.9 cm³/mol. The van der Waals surface area contributed by atoms with Crippen molar-refractivity contribution in [1.29, 1.82) is 0 Å². The van der Waals surface area contributed by atoms with Crippen molar-refractivity contribution < 1.29 is 4.79 Å². The molecule has 0 saturated carbocycles. The Bertz CT molecular complexity index is 628. The number of hydrogen-bond donors (Lipinski definition) is 2. The molecule has 1 aromatic carbocycles. The molecule has 6 heteroatoms. The number of amides is 1. The second-order valence-corrected chi connectivity index (χ2v) is 5.11. The van der Waals surface area contributed by atoms with E-state index in [1.807, 2.05) is 36.6 Å². The first-order valence-electron chi connectivity index (χ1n) is 5.82. The molecule has 19 heavy (non-hydrogen) atoms. The van der Waals surface area contributed by atoms with Gasteiger partial charge in [0, 0.05) is 11.1 Å². The molecule has 0 aliphatic heterocycles. The molecule has 2 rings (SSSR count). The number of aryl methyl sites for hydroxylation is 1. The highest BCUT2D eigenvalue weighted by atomic mass is 32.1. The third-order valence-corrected chi connectivity index (χ3v) is 3.75. The van der Waals surface area contributed by atoms with E-state index in [2.05, 4.69) is 5.43 Å². The zero-order chi connectivity index (χ0) is 13.8. The molecule has 0 spiro atoms. The maximum absolute atomic E-state index is 11.6. The summed E-state index contributed by atoms with van der Waals surface area (Å²) in [4.78, 5) is 22.8. The Morgan fingerprint density at radius 3 is 2.47 bits per heavy atom. The van der Waals surface area contributed by atoms with Crippen molar-refractivity contribution in [2.24, 2.45) is 5.84 Å². The van der Waals surface area contributed by atoms with Gasteiger partial charge in [-0.05, 0) is 18.1 Å². The lowest BCUT2D eigenvalue weighted by molar-refractivity contribution is -0.120. The van der Waals surface area contributed by atoms with Crippen LogP contribution in [-0.4, -0.2) is 10.5 Å². The Kier molecular flexibility index (Phi) is 4.13. The fourth-order valence-electron chi connectivity index (χ4n) is 1.78. The molecule has 5 nitrogen and oxygen atoms in total. The Balaban J connectivity index is 2.11. The Morgan fingerprint density at radius 1 is 1.32 bits per heavy atom. The minimum atomic E-state index is -0.224. The van der Waals surface area contributed by atoms with E-state index in [-0.39, 0.29) is 17.2 Å². The van der Waals surface area contributed by atoms with Crippen molar-refractivity contribution in [2.45, 2.75) is 19.9 Å². The van der Waals surface area contributed by atoms with Crippen LogP contribution in [0.1, 0.15) is 16.8 Å². The van der Waals surface area contributed by atoms with Gasteiger partial charge in [-0.15, -0.1) is 0 Å². The molecule has 1 heterocycles. The van der Waals surface area contributed by atoms with Gasteiger partial charge in [-0.1, -0.05) is 35.6 Å². The van der Waals surface area contributed by atoms with Crippen LogP contribution in [0.3, 0.4) is 0 Å². The summed E-state index contributed by atoms with van der Waals surface area (Å²) in [5.74, 6) is 4.81. The lowest BCUT2D eigenvalue weighted by Crippen LogP contribution is -2.31. The molecule has 0 fully saturated rings. The van der Waals surface area contributed by atoms with Crippen LogP contribution in [-0.2, 0) is 17.8 Å². The lowest BCUT2D eigenvalue weighted by Gasteiger charge is -2.06. The number of benzene rings is 1. The zero-order valence-electron chi connectivity index (χ0n) is 10.6. The van der Waals surface area contributed by atoms with E-state index in [1.165, 1.54) is 11.3 Å². The van der Waals surface area contributed by atoms with E-state index in [1.54, 1.807) is 4.57 Å². The fourth-order valence-corrected chi connectivity index (χ4v) is 2.51. The van der Waals surface area contributed by atoms with Gasteiger partial charge < -0.3 is 0 Å². The van der Waals surface area contributed by atoms with E-state index in [9.17, 15) is 9.59 Å². The van der Waals surface area contributed by atoms with E-state index in [0.717, 1.165) is 16.8 Å². The van der Waals surface area contributed by atoms with Crippen LogP contribution in [0, 0.1) is 6.92 Å². The summed E-state index contributed by atoms with van der Waals surface area (Å²) in [6.07, 6.45) is 0.258. The molecule has 1 aromatic heterocycles. The van der Waals surface area contributed by atoms with E-state index >= 15 is 0 Å². The highest BCUT2D eigenvalue weighted by Gasteiger charge is 2.05. The maximum Gasteiger partial charge on any atom is 0.307 e. The summed E-state index contributed by atoms with van der Waals surface area (Å²) < 4.78 is 1.73. The number of nitrogens with one attached hydrogen (secondary N) is 1. The van der Waals surface area contributed by atoms with Crippen molar-refractivity contribution in [3.05, 3.63) is 56.1 Å². The van der Waals surface area contributed by atoms with Crippen molar-refractivity contribution >= 4 is 17.2 Å². The van der Waals surface area contributed by atoms with Crippen LogP contribution in [0.15, 0.2) is 34.4 Å². The average molecular weight is 277 g/mol. The van der Waals surface area contributed by atoms with Gasteiger partial charge in [0.2, 0.25) is 5.91 Å². The SMILES string of the molecule is Cc1csc(=O)n1Cc1ccc(CC(=O)NN)cc1. The van der Waals surface area contributed by atoms with Gasteiger partial charge in [-0.25, -0.2) is 5.84 Å². The molecule has 0 saturated heterocycles. The van der Waals surface area contributed by atoms with Gasteiger partial charge in [0.1, 0.15) is 0 Å². The van der Waals surface area contributed by atoms with Crippen molar-refractivity contribution in [3.8, 4) is 0 Å². The van der Waals surface area contributed by atoms with E-state index in [0.29, 0.717) is 6.54 Å². The number of rotatable bonds is 4. The summed E-state index contributed by atoms with van der Waals surface area (Å²) >= 11 is 1.21. The van der Waals surface area contributed by atoms with Gasteiger partial charge in [0.25, 0.3) is 0 Å². The number of thiazole rings is 1. The summed E-state index contributed by atoms with van der Waals surface area (Å²) in [6, 6.07) is 7.58. The molecule has 1 amide bonds. The standard InChI is InChI=1S/C13H15N3O2S/c1-9-8-19-13(18)16(9)7-11-4-2-10(3-5-11)6-12(17)15-14/h2-5,8H,6-7,14H2,1H3,(H,15,17). The first-order valence-corrected chi connectivity index (χ1v) is 6.70. The minimum Gasteiger partial charge on any atom is -0.299 e. The Labute approximate surface area is 114 Å². The topological polar surface area (TPSA) is 77.1 Å². The normalized spacial score (nSPS) is 10.4. The number of hydrazine groups is 1. The fraction of sp³-hybridized carbons (Fsp3) is 0.231. The van der Waals surface area contributed by atoms with Gasteiger partial charge in [-0.3, -0.25) is 19.6 Å². The number of aromatic nitrogens is 1. The number of nitrogens with zero attached hydrogens (tertiary/aromatic N) is 1. The van der Waals surface area contributed by atoms with E-state index < -0.39 is 0 Å². The van der Waals surface area contributed by atoms with Crippen LogP contribution in [0.5, 0.6) is 0 Å². The summed E-state index contributed by atoms with van der Waals surface area (Å²) in [7, 11) is 0. The van der Waals surface area contributed by atoms with Gasteiger partial charge in [0.15, 0.2) is 0 Å². The number of carbonyl (C=O) groups is 1. The highest BCUT2D eigenvalue weighted by Crippen LogP contribution is 2.09. The zero-order valence-corrected chi connectivity index (χ0v) is 11.4. The molecule has 0 unspecified atom stereocenters. The molecule has 100 valence electrons. The lowest BCUT2D eigenvalue weighted by atomic mass is 10.1. The van der Waals surface area contributed by atoms with Crippen LogP contribution >= 0.6 is 11.3 Å². The van der Waals surface area contributed by atoms with Crippen LogP contribution < -0.4 is 16.1 Å². The largest absolute Gasteiger partial charge is 0.307 e. The summed E-state index contributed by atoms with van der Waals surface area (Å²) in [5, 5.41) is 1.85. The average Bonchev–Trinajstić information content (AvgIpc) is 2.72. The predicted octanol–water partition coefficient (Wildman–Crippen LogP) is 0.799. The first-order chi connectivity index (χ1) is 9.10. The van der Waals surface area contributed by atoms with Crippen LogP contribution in [0.4, 0.5) is 0 Å². The molecule has 0 aliphatic rings. The molecule has 3 N–H and O–H groups in total. The van der Waals surface area contributed by atoms with Gasteiger partial charge >= 0.3 is 4.87 Å². The highest BCUT2D eigenvalue weighted by molar-refractivity contribution is 7.07. The maximum atomic E-state index is 11.6. The Morgan fingerprint density at radius 2 is 1.95 bits per heavy atom. The Hall–Kier alpha value is -1.92. The molecule has 0 radical (unpaired) electrons. The van der Waals surface area contributed by atoms with Crippen LogP contribution in [0.2, 0.25) is 0 Å².